The fourth-order valence-electron chi connectivity index (χ4n) is 2.97. The average molecular weight is 330 g/mol. The van der Waals surface area contributed by atoms with Crippen molar-refractivity contribution in [2.45, 2.75) is 26.8 Å². The highest BCUT2D eigenvalue weighted by molar-refractivity contribution is 5.66. The number of rotatable bonds is 3. The summed E-state index contributed by atoms with van der Waals surface area (Å²) >= 11 is 0. The average Bonchev–Trinajstić information content (AvgIpc) is 2.91. The number of anilines is 3. The standard InChI is InChI=1S/C16H22N6O2/c1-10-6-13(18-14-7-11(2)19-20-14)8-15(17-10)21-4-5-22(16(23)24)12(3)9-21/h6-8,12H,4-5,9H2,1-3H3,(H,23,24)(H2,17,18,19,20). The van der Waals surface area contributed by atoms with Gasteiger partial charge in [0.1, 0.15) is 5.82 Å². The Hall–Kier alpha value is -2.77. The van der Waals surface area contributed by atoms with Gasteiger partial charge in [-0.1, -0.05) is 0 Å². The lowest BCUT2D eigenvalue weighted by Crippen LogP contribution is -2.54. The number of carboxylic acid groups (broad SMARTS) is 1. The van der Waals surface area contributed by atoms with Crippen LogP contribution in [0.5, 0.6) is 0 Å². The van der Waals surface area contributed by atoms with Crippen LogP contribution in [-0.2, 0) is 0 Å². The molecule has 0 spiro atoms. The number of nitrogens with one attached hydrogen (secondary N) is 2. The topological polar surface area (TPSA) is 97.4 Å². The van der Waals surface area contributed by atoms with Crippen molar-refractivity contribution >= 4 is 23.4 Å². The van der Waals surface area contributed by atoms with E-state index in [-0.39, 0.29) is 6.04 Å². The van der Waals surface area contributed by atoms with Crippen molar-refractivity contribution in [2.24, 2.45) is 0 Å². The van der Waals surface area contributed by atoms with Crippen LogP contribution in [0.15, 0.2) is 18.2 Å². The maximum absolute atomic E-state index is 11.2. The molecule has 0 aromatic carbocycles. The maximum Gasteiger partial charge on any atom is 0.407 e. The molecule has 128 valence electrons. The van der Waals surface area contributed by atoms with Crippen molar-refractivity contribution in [3.63, 3.8) is 0 Å². The molecular weight excluding hydrogens is 308 g/mol. The van der Waals surface area contributed by atoms with Gasteiger partial charge in [-0.2, -0.15) is 5.10 Å². The van der Waals surface area contributed by atoms with E-state index in [9.17, 15) is 9.90 Å². The molecule has 2 aromatic rings. The van der Waals surface area contributed by atoms with Crippen molar-refractivity contribution < 1.29 is 9.90 Å². The van der Waals surface area contributed by atoms with E-state index in [1.807, 2.05) is 39.0 Å². The van der Waals surface area contributed by atoms with Gasteiger partial charge in [-0.3, -0.25) is 5.10 Å². The third-order valence-electron chi connectivity index (χ3n) is 4.12. The molecule has 0 aliphatic carbocycles. The van der Waals surface area contributed by atoms with Gasteiger partial charge < -0.3 is 20.2 Å². The number of amides is 1. The van der Waals surface area contributed by atoms with Crippen LogP contribution in [-0.4, -0.2) is 57.0 Å². The van der Waals surface area contributed by atoms with E-state index < -0.39 is 6.09 Å². The minimum Gasteiger partial charge on any atom is -0.465 e. The molecule has 8 heteroatoms. The minimum atomic E-state index is -0.865. The molecule has 1 aliphatic heterocycles. The maximum atomic E-state index is 11.2. The van der Waals surface area contributed by atoms with Crippen LogP contribution >= 0.6 is 0 Å². The summed E-state index contributed by atoms with van der Waals surface area (Å²) in [6.07, 6.45) is -0.865. The Balaban J connectivity index is 1.78. The minimum absolute atomic E-state index is 0.0658. The van der Waals surface area contributed by atoms with Crippen LogP contribution in [0.2, 0.25) is 0 Å². The number of H-pyrrole nitrogens is 1. The molecule has 1 unspecified atom stereocenters. The smallest absolute Gasteiger partial charge is 0.407 e. The van der Waals surface area contributed by atoms with E-state index in [1.165, 1.54) is 4.90 Å². The fraction of sp³-hybridized carbons (Fsp3) is 0.438. The molecule has 2 aromatic heterocycles. The SMILES string of the molecule is Cc1cc(Nc2cc(C)[nH]n2)cc(N2CCN(C(=O)O)C(C)C2)n1. The van der Waals surface area contributed by atoms with Gasteiger partial charge in [0.2, 0.25) is 0 Å². The van der Waals surface area contributed by atoms with Crippen LogP contribution in [0.25, 0.3) is 0 Å². The summed E-state index contributed by atoms with van der Waals surface area (Å²) in [6, 6.07) is 5.80. The van der Waals surface area contributed by atoms with Gasteiger partial charge in [0.25, 0.3) is 0 Å². The van der Waals surface area contributed by atoms with Crippen LogP contribution < -0.4 is 10.2 Å². The van der Waals surface area contributed by atoms with Gasteiger partial charge in [-0.05, 0) is 26.8 Å². The number of hydrogen-bond acceptors (Lipinski definition) is 5. The summed E-state index contributed by atoms with van der Waals surface area (Å²) in [5.41, 5.74) is 2.80. The van der Waals surface area contributed by atoms with E-state index in [0.717, 1.165) is 28.7 Å². The van der Waals surface area contributed by atoms with E-state index in [2.05, 4.69) is 25.4 Å². The largest absolute Gasteiger partial charge is 0.465 e. The highest BCUT2D eigenvalue weighted by Crippen LogP contribution is 2.24. The van der Waals surface area contributed by atoms with E-state index in [0.29, 0.717) is 19.6 Å². The quantitative estimate of drug-likeness (QED) is 0.799. The number of pyridine rings is 1. The van der Waals surface area contributed by atoms with Gasteiger partial charge in [-0.25, -0.2) is 9.78 Å². The van der Waals surface area contributed by atoms with E-state index in [4.69, 9.17) is 0 Å². The van der Waals surface area contributed by atoms with Crippen molar-refractivity contribution in [1.29, 1.82) is 0 Å². The first kappa shape index (κ1) is 16.1. The molecule has 3 rings (SSSR count). The first-order chi connectivity index (χ1) is 11.4. The summed E-state index contributed by atoms with van der Waals surface area (Å²) < 4.78 is 0. The molecule has 24 heavy (non-hydrogen) atoms. The highest BCUT2D eigenvalue weighted by atomic mass is 16.4. The summed E-state index contributed by atoms with van der Waals surface area (Å²) in [6.45, 7) is 7.55. The molecule has 0 bridgehead atoms. The molecule has 8 nitrogen and oxygen atoms in total. The Kier molecular flexibility index (Phi) is 4.28. The predicted octanol–water partition coefficient (Wildman–Crippen LogP) is 2.35. The lowest BCUT2D eigenvalue weighted by molar-refractivity contribution is 0.122. The third-order valence-corrected chi connectivity index (χ3v) is 4.12. The molecule has 1 saturated heterocycles. The number of nitrogens with zero attached hydrogens (tertiary/aromatic N) is 4. The van der Waals surface area contributed by atoms with Crippen LogP contribution in [0, 0.1) is 13.8 Å². The molecule has 3 N–H and O–H groups in total. The molecule has 1 amide bonds. The van der Waals surface area contributed by atoms with Crippen molar-refractivity contribution in [2.75, 3.05) is 29.9 Å². The lowest BCUT2D eigenvalue weighted by Gasteiger charge is -2.39. The monoisotopic (exact) mass is 330 g/mol. The highest BCUT2D eigenvalue weighted by Gasteiger charge is 2.27. The fourth-order valence-corrected chi connectivity index (χ4v) is 2.97. The normalized spacial score (nSPS) is 17.9. The Morgan fingerprint density at radius 3 is 2.75 bits per heavy atom. The number of aromatic amines is 1. The molecule has 3 heterocycles. The number of hydrogen-bond donors (Lipinski definition) is 3. The molecule has 0 saturated carbocycles. The van der Waals surface area contributed by atoms with Crippen LogP contribution in [0.1, 0.15) is 18.3 Å². The second-order valence-corrected chi connectivity index (χ2v) is 6.19. The second-order valence-electron chi connectivity index (χ2n) is 6.19. The van der Waals surface area contributed by atoms with Gasteiger partial charge in [-0.15, -0.1) is 0 Å². The van der Waals surface area contributed by atoms with Crippen LogP contribution in [0.4, 0.5) is 22.1 Å². The zero-order valence-corrected chi connectivity index (χ0v) is 14.1. The van der Waals surface area contributed by atoms with E-state index >= 15 is 0 Å². The van der Waals surface area contributed by atoms with Crippen molar-refractivity contribution in [3.8, 4) is 0 Å². The number of piperazine rings is 1. The molecular formula is C16H22N6O2. The number of aromatic nitrogens is 3. The summed E-state index contributed by atoms with van der Waals surface area (Å²) in [4.78, 5) is 19.4. The second kappa shape index (κ2) is 6.38. The van der Waals surface area contributed by atoms with Gasteiger partial charge in [0, 0.05) is 54.9 Å². The molecule has 0 radical (unpaired) electrons. The van der Waals surface area contributed by atoms with Crippen molar-refractivity contribution in [1.82, 2.24) is 20.1 Å². The van der Waals surface area contributed by atoms with Gasteiger partial charge >= 0.3 is 6.09 Å². The van der Waals surface area contributed by atoms with Crippen LogP contribution in [0.3, 0.4) is 0 Å². The Morgan fingerprint density at radius 2 is 2.12 bits per heavy atom. The third kappa shape index (κ3) is 3.42. The summed E-state index contributed by atoms with van der Waals surface area (Å²) in [7, 11) is 0. The van der Waals surface area contributed by atoms with Gasteiger partial charge in [0.15, 0.2) is 5.82 Å². The Labute approximate surface area is 140 Å². The molecule has 1 fully saturated rings. The first-order valence-electron chi connectivity index (χ1n) is 7.94. The molecule has 1 aliphatic rings. The Morgan fingerprint density at radius 1 is 1.33 bits per heavy atom. The number of carbonyl (C=O) groups is 1. The first-order valence-corrected chi connectivity index (χ1v) is 7.94. The number of aryl methyl sites for hydroxylation is 2. The van der Waals surface area contributed by atoms with E-state index in [1.54, 1.807) is 0 Å². The zero-order valence-electron chi connectivity index (χ0n) is 14.1. The lowest BCUT2D eigenvalue weighted by atomic mass is 10.2. The Bertz CT molecular complexity index is 744. The van der Waals surface area contributed by atoms with Gasteiger partial charge in [0.05, 0.1) is 0 Å². The predicted molar refractivity (Wildman–Crippen MR) is 92.0 cm³/mol. The summed E-state index contributed by atoms with van der Waals surface area (Å²) in [5.74, 6) is 1.61. The molecule has 1 atom stereocenters. The zero-order chi connectivity index (χ0) is 17.3. The summed E-state index contributed by atoms with van der Waals surface area (Å²) in [5, 5.41) is 19.5. The van der Waals surface area contributed by atoms with Crippen molar-refractivity contribution in [3.05, 3.63) is 29.6 Å².